The van der Waals surface area contributed by atoms with Crippen LogP contribution in [0.2, 0.25) is 0 Å². The second-order valence-corrected chi connectivity index (χ2v) is 8.04. The third-order valence-corrected chi connectivity index (χ3v) is 5.62. The van der Waals surface area contributed by atoms with Crippen molar-refractivity contribution in [1.29, 1.82) is 0 Å². The van der Waals surface area contributed by atoms with E-state index in [-0.39, 0.29) is 18.7 Å². The molecule has 158 valence electrons. The summed E-state index contributed by atoms with van der Waals surface area (Å²) in [4.78, 5) is 20.3. The van der Waals surface area contributed by atoms with Crippen LogP contribution in [-0.4, -0.2) is 35.2 Å². The van der Waals surface area contributed by atoms with Crippen molar-refractivity contribution in [3.8, 4) is 11.5 Å². The van der Waals surface area contributed by atoms with Gasteiger partial charge in [-0.05, 0) is 55.0 Å². The van der Waals surface area contributed by atoms with Crippen molar-refractivity contribution < 1.29 is 28.1 Å². The van der Waals surface area contributed by atoms with E-state index in [0.29, 0.717) is 18.7 Å². The Hall–Kier alpha value is -2.44. The van der Waals surface area contributed by atoms with E-state index in [2.05, 4.69) is 0 Å². The smallest absolute Gasteiger partial charge is 0.237 e. The predicted molar refractivity (Wildman–Crippen MR) is 113 cm³/mol. The number of alkyl halides is 1. The van der Waals surface area contributed by atoms with Gasteiger partial charge in [-0.1, -0.05) is 18.2 Å². The van der Waals surface area contributed by atoms with E-state index in [1.807, 2.05) is 59.5 Å². The number of benzene rings is 2. The Kier molecular flexibility index (Phi) is 6.65. The average Bonchev–Trinajstić information content (AvgIpc) is 3.37. The maximum atomic E-state index is 14.5. The van der Waals surface area contributed by atoms with Gasteiger partial charge in [-0.15, -0.1) is 0 Å². The van der Waals surface area contributed by atoms with Gasteiger partial charge in [-0.25, -0.2) is 4.39 Å². The molecule has 0 amide bonds. The first-order valence-corrected chi connectivity index (χ1v) is 10.9. The van der Waals surface area contributed by atoms with E-state index in [1.165, 1.54) is 6.07 Å². The number of furan rings is 1. The Morgan fingerprint density at radius 3 is 2.43 bits per heavy atom. The minimum Gasteiger partial charge on any atom is -0.457 e. The minimum absolute atomic E-state index is 0.118. The fourth-order valence-electron chi connectivity index (χ4n) is 3.49. The molecular formula is C22H23FNO5P. The van der Waals surface area contributed by atoms with Crippen LogP contribution in [0.25, 0.3) is 0 Å². The second kappa shape index (κ2) is 9.58. The highest BCUT2D eigenvalue weighted by Crippen LogP contribution is 2.31. The maximum Gasteiger partial charge on any atom is 0.237 e. The molecule has 1 saturated heterocycles. The van der Waals surface area contributed by atoms with Crippen LogP contribution in [0.4, 0.5) is 10.1 Å². The highest BCUT2D eigenvalue weighted by atomic mass is 31.2. The van der Waals surface area contributed by atoms with Gasteiger partial charge in [-0.2, -0.15) is 0 Å². The first kappa shape index (κ1) is 20.8. The van der Waals surface area contributed by atoms with Gasteiger partial charge < -0.3 is 28.6 Å². The molecule has 3 aromatic rings. The van der Waals surface area contributed by atoms with Crippen LogP contribution in [0.15, 0.2) is 71.1 Å². The van der Waals surface area contributed by atoms with Crippen LogP contribution in [0, 0.1) is 0 Å². The molecule has 1 aliphatic rings. The monoisotopic (exact) mass is 431 g/mol. The van der Waals surface area contributed by atoms with Crippen molar-refractivity contribution in [3.05, 3.63) is 72.5 Å². The summed E-state index contributed by atoms with van der Waals surface area (Å²) in [7, 11) is -2.26. The Morgan fingerprint density at radius 1 is 1.00 bits per heavy atom. The van der Waals surface area contributed by atoms with Crippen LogP contribution < -0.4 is 15.1 Å². The third kappa shape index (κ3) is 4.99. The summed E-state index contributed by atoms with van der Waals surface area (Å²) in [6.07, 6.45) is -0.541. The van der Waals surface area contributed by atoms with Gasteiger partial charge in [0.2, 0.25) is 8.38 Å². The number of halogens is 1. The van der Waals surface area contributed by atoms with E-state index in [9.17, 15) is 4.39 Å². The average molecular weight is 431 g/mol. The zero-order chi connectivity index (χ0) is 20.9. The molecule has 0 aliphatic carbocycles. The molecule has 0 spiro atoms. The molecule has 30 heavy (non-hydrogen) atoms. The van der Waals surface area contributed by atoms with Gasteiger partial charge in [0.1, 0.15) is 30.0 Å². The first-order valence-electron chi connectivity index (χ1n) is 9.68. The second-order valence-electron chi connectivity index (χ2n) is 7.02. The van der Waals surface area contributed by atoms with Crippen LogP contribution in [0.5, 0.6) is 11.5 Å². The van der Waals surface area contributed by atoms with E-state index in [0.717, 1.165) is 17.2 Å². The number of hydrogen-bond acceptors (Lipinski definition) is 6. The number of hydrogen-bond donors (Lipinski definition) is 2. The zero-order valence-corrected chi connectivity index (χ0v) is 17.1. The summed E-state index contributed by atoms with van der Waals surface area (Å²) in [6, 6.07) is 19.9. The molecule has 1 aliphatic heterocycles. The molecular weight excluding hydrogens is 408 g/mol. The Balaban J connectivity index is 1.35. The summed E-state index contributed by atoms with van der Waals surface area (Å²) in [5, 5.41) is 0. The molecule has 0 radical (unpaired) electrons. The molecule has 6 nitrogen and oxygen atoms in total. The van der Waals surface area contributed by atoms with Gasteiger partial charge in [-0.3, -0.25) is 0 Å². The van der Waals surface area contributed by atoms with Crippen LogP contribution >= 0.6 is 8.38 Å². The van der Waals surface area contributed by atoms with Gasteiger partial charge in [0.15, 0.2) is 5.50 Å². The summed E-state index contributed by atoms with van der Waals surface area (Å²) < 4.78 is 31.3. The van der Waals surface area contributed by atoms with Gasteiger partial charge >= 0.3 is 0 Å². The molecule has 4 rings (SSSR count). The van der Waals surface area contributed by atoms with Crippen molar-refractivity contribution in [1.82, 2.24) is 0 Å². The quantitative estimate of drug-likeness (QED) is 0.523. The predicted octanol–water partition coefficient (Wildman–Crippen LogP) is 4.13. The third-order valence-electron chi connectivity index (χ3n) is 4.99. The summed E-state index contributed by atoms with van der Waals surface area (Å²) in [5.74, 6) is 1.95. The topological polar surface area (TPSA) is 75.3 Å². The van der Waals surface area contributed by atoms with Crippen molar-refractivity contribution in [2.45, 2.75) is 25.2 Å². The lowest BCUT2D eigenvalue weighted by atomic mass is 10.2. The van der Waals surface area contributed by atoms with E-state index in [4.69, 9.17) is 23.7 Å². The lowest BCUT2D eigenvalue weighted by Gasteiger charge is -2.27. The molecule has 2 aromatic carbocycles. The number of ether oxygens (including phenoxy) is 2. The number of rotatable bonds is 8. The zero-order valence-electron chi connectivity index (χ0n) is 16.2. The van der Waals surface area contributed by atoms with E-state index >= 15 is 0 Å². The van der Waals surface area contributed by atoms with Gasteiger partial charge in [0.25, 0.3) is 0 Å². The Labute approximate surface area is 175 Å². The van der Waals surface area contributed by atoms with Crippen molar-refractivity contribution in [3.63, 3.8) is 0 Å². The van der Waals surface area contributed by atoms with Crippen LogP contribution in [0.3, 0.4) is 0 Å². The summed E-state index contributed by atoms with van der Waals surface area (Å²) in [6.45, 7) is 0.953. The first-order chi connectivity index (χ1) is 14.6. The molecule has 1 aromatic heterocycles. The van der Waals surface area contributed by atoms with Crippen molar-refractivity contribution in [2.24, 2.45) is 0 Å². The SMILES string of the molecule is OP(O)c1ccc(COCC2C(F)CCN2c2ccc(Oc3ccccc3)cc2)o1. The maximum absolute atomic E-state index is 14.5. The lowest BCUT2D eigenvalue weighted by molar-refractivity contribution is 0.0803. The van der Waals surface area contributed by atoms with Crippen LogP contribution in [-0.2, 0) is 11.3 Å². The van der Waals surface area contributed by atoms with Crippen molar-refractivity contribution in [2.75, 3.05) is 18.1 Å². The lowest BCUT2D eigenvalue weighted by Crippen LogP contribution is -2.37. The summed E-state index contributed by atoms with van der Waals surface area (Å²) >= 11 is 0. The molecule has 2 unspecified atom stereocenters. The fourth-order valence-corrected chi connectivity index (χ4v) is 3.90. The van der Waals surface area contributed by atoms with Gasteiger partial charge in [0.05, 0.1) is 12.6 Å². The van der Waals surface area contributed by atoms with Crippen molar-refractivity contribution >= 4 is 19.6 Å². The molecule has 2 heterocycles. The number of para-hydroxylation sites is 1. The van der Waals surface area contributed by atoms with E-state index in [1.54, 1.807) is 6.07 Å². The van der Waals surface area contributed by atoms with Crippen LogP contribution in [0.1, 0.15) is 12.2 Å². The normalized spacial score (nSPS) is 18.9. The molecule has 2 N–H and O–H groups in total. The Morgan fingerprint density at radius 2 is 1.73 bits per heavy atom. The highest BCUT2D eigenvalue weighted by Gasteiger charge is 2.34. The number of anilines is 1. The molecule has 0 bridgehead atoms. The summed E-state index contributed by atoms with van der Waals surface area (Å²) in [5.41, 5.74) is 1.03. The molecule has 0 saturated carbocycles. The highest BCUT2D eigenvalue weighted by molar-refractivity contribution is 7.53. The largest absolute Gasteiger partial charge is 0.457 e. The fraction of sp³-hybridized carbons (Fsp3) is 0.273. The van der Waals surface area contributed by atoms with Gasteiger partial charge in [0, 0.05) is 12.2 Å². The molecule has 8 heteroatoms. The molecule has 2 atom stereocenters. The standard InChI is InChI=1S/C22H23FNO5P/c23-20-12-13-24(21(20)15-27-14-19-10-11-22(29-19)30(25)26)16-6-8-18(9-7-16)28-17-4-2-1-3-5-17/h1-11,20-21,25-26H,12-15H2. The minimum atomic E-state index is -2.26. The van der Waals surface area contributed by atoms with E-state index < -0.39 is 20.6 Å². The molecule has 1 fully saturated rings. The number of nitrogens with zero attached hydrogens (tertiary/aromatic N) is 1. The Bertz CT molecular complexity index is 934.